The van der Waals surface area contributed by atoms with Crippen LogP contribution in [0.4, 0.5) is 0 Å². The molecule has 0 spiro atoms. The van der Waals surface area contributed by atoms with Gasteiger partial charge >= 0.3 is 0 Å². The first kappa shape index (κ1) is 19.1. The summed E-state index contributed by atoms with van der Waals surface area (Å²) in [5, 5.41) is 0. The first-order valence-corrected chi connectivity index (χ1v) is 9.87. The van der Waals surface area contributed by atoms with E-state index in [4.69, 9.17) is 4.98 Å². The standard InChI is InChI=1S/C23H24N4O2/c1-16-5-3-4-6-19(16)21-14-24-13-20(25-21)17-9-11-27(12-10-17)23(29)18-7-8-22(28)26(2)15-18/h3-8,13-15,17H,9-12H2,1-2H3. The van der Waals surface area contributed by atoms with E-state index in [0.717, 1.165) is 29.8 Å². The molecule has 29 heavy (non-hydrogen) atoms. The minimum Gasteiger partial charge on any atom is -0.339 e. The summed E-state index contributed by atoms with van der Waals surface area (Å²) in [5.74, 6) is 0.259. The third-order valence-corrected chi connectivity index (χ3v) is 5.61. The number of piperidine rings is 1. The van der Waals surface area contributed by atoms with E-state index < -0.39 is 0 Å². The number of carbonyl (C=O) groups excluding carboxylic acids is 1. The molecule has 3 aromatic rings. The van der Waals surface area contributed by atoms with E-state index in [1.807, 2.05) is 29.4 Å². The van der Waals surface area contributed by atoms with E-state index >= 15 is 0 Å². The third kappa shape index (κ3) is 3.97. The average Bonchev–Trinajstić information content (AvgIpc) is 2.76. The minimum atomic E-state index is -0.118. The zero-order valence-corrected chi connectivity index (χ0v) is 16.7. The van der Waals surface area contributed by atoms with Crippen LogP contribution in [0.2, 0.25) is 0 Å². The van der Waals surface area contributed by atoms with Crippen LogP contribution in [0.5, 0.6) is 0 Å². The molecule has 2 aromatic heterocycles. The molecule has 0 radical (unpaired) electrons. The molecular formula is C23H24N4O2. The summed E-state index contributed by atoms with van der Waals surface area (Å²) in [6.07, 6.45) is 6.96. The van der Waals surface area contributed by atoms with Gasteiger partial charge in [0.05, 0.1) is 23.1 Å². The highest BCUT2D eigenvalue weighted by Gasteiger charge is 2.26. The van der Waals surface area contributed by atoms with Gasteiger partial charge in [-0.2, -0.15) is 0 Å². The van der Waals surface area contributed by atoms with Crippen molar-refractivity contribution in [2.45, 2.75) is 25.7 Å². The van der Waals surface area contributed by atoms with Crippen LogP contribution in [-0.4, -0.2) is 38.4 Å². The van der Waals surface area contributed by atoms with Gasteiger partial charge in [0.25, 0.3) is 5.91 Å². The van der Waals surface area contributed by atoms with Gasteiger partial charge in [-0.1, -0.05) is 24.3 Å². The first-order chi connectivity index (χ1) is 14.0. The summed E-state index contributed by atoms with van der Waals surface area (Å²) in [4.78, 5) is 35.5. The Hall–Kier alpha value is -3.28. The second-order valence-electron chi connectivity index (χ2n) is 7.58. The molecule has 0 atom stereocenters. The number of amides is 1. The van der Waals surface area contributed by atoms with Crippen molar-refractivity contribution in [3.05, 3.63) is 82.2 Å². The van der Waals surface area contributed by atoms with Gasteiger partial charge in [-0.3, -0.25) is 14.6 Å². The van der Waals surface area contributed by atoms with Crippen LogP contribution >= 0.6 is 0 Å². The monoisotopic (exact) mass is 388 g/mol. The molecule has 6 nitrogen and oxygen atoms in total. The van der Waals surface area contributed by atoms with Crippen molar-refractivity contribution in [3.63, 3.8) is 0 Å². The number of likely N-dealkylation sites (tertiary alicyclic amines) is 1. The Bertz CT molecular complexity index is 1100. The number of nitrogens with zero attached hydrogens (tertiary/aromatic N) is 4. The highest BCUT2D eigenvalue weighted by atomic mass is 16.2. The summed E-state index contributed by atoms with van der Waals surface area (Å²) in [7, 11) is 1.66. The molecule has 3 heterocycles. The molecule has 0 bridgehead atoms. The van der Waals surface area contributed by atoms with Gasteiger partial charge in [0.1, 0.15) is 0 Å². The summed E-state index contributed by atoms with van der Waals surface area (Å²) >= 11 is 0. The molecule has 1 aliphatic rings. The molecule has 1 fully saturated rings. The predicted octanol–water partition coefficient (Wildman–Crippen LogP) is 3.17. The van der Waals surface area contributed by atoms with Gasteiger partial charge in [-0.05, 0) is 31.4 Å². The Morgan fingerprint density at radius 2 is 1.83 bits per heavy atom. The lowest BCUT2D eigenvalue weighted by atomic mass is 9.93. The highest BCUT2D eigenvalue weighted by Crippen LogP contribution is 2.29. The Labute approximate surface area is 169 Å². The molecule has 1 saturated heterocycles. The quantitative estimate of drug-likeness (QED) is 0.691. The zero-order valence-electron chi connectivity index (χ0n) is 16.7. The summed E-state index contributed by atoms with van der Waals surface area (Å²) in [6, 6.07) is 11.2. The molecule has 1 aliphatic heterocycles. The fourth-order valence-electron chi connectivity index (χ4n) is 3.85. The normalized spacial score (nSPS) is 14.8. The number of carbonyl (C=O) groups is 1. The highest BCUT2D eigenvalue weighted by molar-refractivity contribution is 5.94. The van der Waals surface area contributed by atoms with E-state index in [2.05, 4.69) is 24.0 Å². The Morgan fingerprint density at radius 3 is 2.55 bits per heavy atom. The van der Waals surface area contributed by atoms with Gasteiger partial charge in [-0.25, -0.2) is 4.98 Å². The summed E-state index contributed by atoms with van der Waals surface area (Å²) in [6.45, 7) is 3.42. The summed E-state index contributed by atoms with van der Waals surface area (Å²) in [5.41, 5.74) is 4.59. The molecule has 6 heteroatoms. The maximum Gasteiger partial charge on any atom is 0.255 e. The third-order valence-electron chi connectivity index (χ3n) is 5.61. The topological polar surface area (TPSA) is 68.1 Å². The number of rotatable bonds is 3. The second kappa shape index (κ2) is 7.99. The van der Waals surface area contributed by atoms with Crippen molar-refractivity contribution in [3.8, 4) is 11.3 Å². The largest absolute Gasteiger partial charge is 0.339 e. The molecule has 0 N–H and O–H groups in total. The molecule has 4 rings (SSSR count). The predicted molar refractivity (Wildman–Crippen MR) is 112 cm³/mol. The van der Waals surface area contributed by atoms with Gasteiger partial charge < -0.3 is 9.47 Å². The zero-order chi connectivity index (χ0) is 20.4. The van der Waals surface area contributed by atoms with Crippen molar-refractivity contribution in [1.82, 2.24) is 19.4 Å². The smallest absolute Gasteiger partial charge is 0.255 e. The number of benzene rings is 1. The van der Waals surface area contributed by atoms with Gasteiger partial charge in [0.2, 0.25) is 5.56 Å². The minimum absolute atomic E-state index is 0.0289. The van der Waals surface area contributed by atoms with Crippen molar-refractivity contribution in [2.24, 2.45) is 7.05 Å². The number of aryl methyl sites for hydroxylation is 2. The van der Waals surface area contributed by atoms with Crippen LogP contribution in [-0.2, 0) is 7.05 Å². The van der Waals surface area contributed by atoms with Crippen LogP contribution < -0.4 is 5.56 Å². The van der Waals surface area contributed by atoms with Gasteiger partial charge in [-0.15, -0.1) is 0 Å². The lowest BCUT2D eigenvalue weighted by Crippen LogP contribution is -2.38. The number of hydrogen-bond donors (Lipinski definition) is 0. The van der Waals surface area contributed by atoms with E-state index in [1.165, 1.54) is 16.2 Å². The molecule has 1 aromatic carbocycles. The van der Waals surface area contributed by atoms with Crippen LogP contribution in [0.15, 0.2) is 59.8 Å². The van der Waals surface area contributed by atoms with Crippen LogP contribution in [0.25, 0.3) is 11.3 Å². The lowest BCUT2D eigenvalue weighted by molar-refractivity contribution is 0.0711. The van der Waals surface area contributed by atoms with E-state index in [0.29, 0.717) is 18.7 Å². The summed E-state index contributed by atoms with van der Waals surface area (Å²) < 4.78 is 1.44. The van der Waals surface area contributed by atoms with E-state index in [9.17, 15) is 9.59 Å². The van der Waals surface area contributed by atoms with Crippen molar-refractivity contribution in [2.75, 3.05) is 13.1 Å². The van der Waals surface area contributed by atoms with E-state index in [1.54, 1.807) is 19.3 Å². The van der Waals surface area contributed by atoms with Crippen molar-refractivity contribution < 1.29 is 4.79 Å². The van der Waals surface area contributed by atoms with E-state index in [-0.39, 0.29) is 17.4 Å². The Balaban J connectivity index is 1.47. The lowest BCUT2D eigenvalue weighted by Gasteiger charge is -2.31. The Morgan fingerprint density at radius 1 is 1.07 bits per heavy atom. The molecule has 1 amide bonds. The maximum absolute atomic E-state index is 12.8. The van der Waals surface area contributed by atoms with Gasteiger partial charge in [0, 0.05) is 50.1 Å². The fraction of sp³-hybridized carbons (Fsp3) is 0.304. The molecular weight excluding hydrogens is 364 g/mol. The second-order valence-corrected chi connectivity index (χ2v) is 7.58. The number of pyridine rings is 1. The maximum atomic E-state index is 12.8. The van der Waals surface area contributed by atoms with Gasteiger partial charge in [0.15, 0.2) is 0 Å². The first-order valence-electron chi connectivity index (χ1n) is 9.87. The average molecular weight is 388 g/mol. The van der Waals surface area contributed by atoms with Crippen molar-refractivity contribution in [1.29, 1.82) is 0 Å². The van der Waals surface area contributed by atoms with Crippen LogP contribution in [0.1, 0.15) is 40.4 Å². The molecule has 0 aliphatic carbocycles. The fourth-order valence-corrected chi connectivity index (χ4v) is 3.85. The number of aromatic nitrogens is 3. The molecule has 0 unspecified atom stereocenters. The SMILES string of the molecule is Cc1ccccc1-c1cncc(C2CCN(C(=O)c3ccc(=O)n(C)c3)CC2)n1. The number of hydrogen-bond acceptors (Lipinski definition) is 4. The molecule has 148 valence electrons. The van der Waals surface area contributed by atoms with Crippen LogP contribution in [0.3, 0.4) is 0 Å². The Kier molecular flexibility index (Phi) is 5.25. The van der Waals surface area contributed by atoms with Crippen molar-refractivity contribution >= 4 is 5.91 Å². The molecule has 0 saturated carbocycles. The van der Waals surface area contributed by atoms with Crippen LogP contribution in [0, 0.1) is 6.92 Å².